The van der Waals surface area contributed by atoms with Crippen LogP contribution in [0.15, 0.2) is 109 Å². The number of ether oxygens (including phenoxy) is 1. The minimum Gasteiger partial charge on any atom is -0.508 e. The summed E-state index contributed by atoms with van der Waals surface area (Å²) in [5.74, 6) is 1.60. The fourth-order valence-corrected chi connectivity index (χ4v) is 6.51. The summed E-state index contributed by atoms with van der Waals surface area (Å²) in [4.78, 5) is 0. The lowest BCUT2D eigenvalue weighted by molar-refractivity contribution is 0.300. The summed E-state index contributed by atoms with van der Waals surface area (Å²) in [6.45, 7) is 6.19. The molecule has 0 radical (unpaired) electrons. The van der Waals surface area contributed by atoms with Gasteiger partial charge in [0.25, 0.3) is 0 Å². The Bertz CT molecular complexity index is 1990. The predicted octanol–water partition coefficient (Wildman–Crippen LogP) is 9.08. The molecule has 254 valence electrons. The monoisotopic (exact) mass is 666 g/mol. The second-order valence-corrected chi connectivity index (χ2v) is 13.3. The van der Waals surface area contributed by atoms with Gasteiger partial charge in [0.05, 0.1) is 0 Å². The van der Waals surface area contributed by atoms with E-state index in [-0.39, 0.29) is 35.4 Å². The molecule has 0 amide bonds. The van der Waals surface area contributed by atoms with Crippen LogP contribution in [0, 0.1) is 20.8 Å². The summed E-state index contributed by atoms with van der Waals surface area (Å²) < 4.78 is 6.76. The number of hydrogen-bond donors (Lipinski definition) is 5. The quantitative estimate of drug-likeness (QED) is 0.0944. The van der Waals surface area contributed by atoms with E-state index in [1.807, 2.05) is 74.5 Å². The van der Waals surface area contributed by atoms with Crippen LogP contribution in [0.3, 0.4) is 0 Å². The van der Waals surface area contributed by atoms with Gasteiger partial charge in [-0.05, 0) is 119 Å². The van der Waals surface area contributed by atoms with Crippen LogP contribution in [0.2, 0.25) is 0 Å². The second kappa shape index (κ2) is 14.7. The first kappa shape index (κ1) is 34.0. The topological polar surface area (TPSA) is 110 Å². The lowest BCUT2D eigenvalue weighted by atomic mass is 9.93. The zero-order chi connectivity index (χ0) is 35.4. The van der Waals surface area contributed by atoms with Crippen molar-refractivity contribution in [3.8, 4) is 34.5 Å². The van der Waals surface area contributed by atoms with E-state index in [1.54, 1.807) is 36.4 Å². The molecule has 6 rings (SSSR count). The maximum Gasteiger partial charge on any atom is 0.126 e. The number of benzene rings is 6. The average Bonchev–Trinajstić information content (AvgIpc) is 3.08. The number of rotatable bonds is 11. The minimum atomic E-state index is 0.118. The summed E-state index contributed by atoms with van der Waals surface area (Å²) in [5, 5.41) is 52.7. The third-order valence-electron chi connectivity index (χ3n) is 8.99. The molecule has 50 heavy (non-hydrogen) atoms. The smallest absolute Gasteiger partial charge is 0.126 e. The molecule has 5 N–H and O–H groups in total. The Morgan fingerprint density at radius 3 is 1.26 bits per heavy atom. The first-order valence-electron chi connectivity index (χ1n) is 16.7. The number of phenols is 5. The number of phenolic OH excluding ortho intramolecular Hbond substituents is 5. The van der Waals surface area contributed by atoms with Gasteiger partial charge >= 0.3 is 0 Å². The zero-order valence-electron chi connectivity index (χ0n) is 28.6. The SMILES string of the molecule is Cc1ccc(O)c(Cc2cc(COc3c(Cc4ccc(O)cc4)cc(C)cc3Cc3ccc(O)cc3)cc(Cc3cc(C)ccc3O)c2O)c1. The minimum absolute atomic E-state index is 0.118. The molecule has 0 spiro atoms. The van der Waals surface area contributed by atoms with Gasteiger partial charge in [0.15, 0.2) is 0 Å². The van der Waals surface area contributed by atoms with Gasteiger partial charge in [-0.1, -0.05) is 77.4 Å². The number of hydrogen-bond acceptors (Lipinski definition) is 6. The standard InChI is InChI=1S/C44H42O6/c1-27-4-14-41(47)33(16-27)24-35-22-32(23-36(43(35)49)25-34-17-28(2)5-15-42(34)48)26-50-44-37(20-30-6-10-39(45)11-7-30)18-29(3)19-38(44)21-31-8-12-40(46)13-9-31/h4-19,22-23,45-49H,20-21,24-26H2,1-3H3. The normalized spacial score (nSPS) is 11.1. The molecule has 0 bridgehead atoms. The summed E-state index contributed by atoms with van der Waals surface area (Å²) >= 11 is 0. The van der Waals surface area contributed by atoms with Crippen LogP contribution in [-0.4, -0.2) is 25.5 Å². The molecular weight excluding hydrogens is 624 g/mol. The third-order valence-corrected chi connectivity index (χ3v) is 8.99. The van der Waals surface area contributed by atoms with E-state index in [1.165, 1.54) is 0 Å². The van der Waals surface area contributed by atoms with E-state index in [4.69, 9.17) is 4.74 Å². The Kier molecular flexibility index (Phi) is 10.0. The van der Waals surface area contributed by atoms with Crippen molar-refractivity contribution in [1.29, 1.82) is 0 Å². The van der Waals surface area contributed by atoms with Gasteiger partial charge in [0.2, 0.25) is 0 Å². The van der Waals surface area contributed by atoms with Crippen LogP contribution in [0.4, 0.5) is 0 Å². The van der Waals surface area contributed by atoms with Gasteiger partial charge in [0, 0.05) is 25.7 Å². The van der Waals surface area contributed by atoms with E-state index in [0.29, 0.717) is 47.9 Å². The van der Waals surface area contributed by atoms with Gasteiger partial charge < -0.3 is 30.3 Å². The molecule has 6 aromatic rings. The molecule has 0 aliphatic carbocycles. The third kappa shape index (κ3) is 8.21. The van der Waals surface area contributed by atoms with Crippen molar-refractivity contribution in [1.82, 2.24) is 0 Å². The van der Waals surface area contributed by atoms with Gasteiger partial charge in [0.1, 0.15) is 41.1 Å². The fourth-order valence-electron chi connectivity index (χ4n) is 6.51. The lowest BCUT2D eigenvalue weighted by Gasteiger charge is -2.20. The van der Waals surface area contributed by atoms with E-state index < -0.39 is 0 Å². The highest BCUT2D eigenvalue weighted by atomic mass is 16.5. The average molecular weight is 667 g/mol. The Hall–Kier alpha value is -5.88. The molecule has 0 aliphatic rings. The molecule has 0 unspecified atom stereocenters. The van der Waals surface area contributed by atoms with Gasteiger partial charge in [-0.2, -0.15) is 0 Å². The summed E-state index contributed by atoms with van der Waals surface area (Å²) in [6.07, 6.45) is 1.79. The van der Waals surface area contributed by atoms with E-state index in [9.17, 15) is 25.5 Å². The van der Waals surface area contributed by atoms with Crippen LogP contribution < -0.4 is 4.74 Å². The molecule has 0 fully saturated rings. The fraction of sp³-hybridized carbons (Fsp3) is 0.182. The van der Waals surface area contributed by atoms with Crippen LogP contribution in [-0.2, 0) is 32.3 Å². The van der Waals surface area contributed by atoms with Gasteiger partial charge in [-0.3, -0.25) is 0 Å². The van der Waals surface area contributed by atoms with Crippen molar-refractivity contribution < 1.29 is 30.3 Å². The van der Waals surface area contributed by atoms with E-state index >= 15 is 0 Å². The lowest BCUT2D eigenvalue weighted by Crippen LogP contribution is -2.06. The maximum atomic E-state index is 11.6. The molecular formula is C44H42O6. The molecule has 6 nitrogen and oxygen atoms in total. The van der Waals surface area contributed by atoms with Crippen molar-refractivity contribution in [3.63, 3.8) is 0 Å². The molecule has 0 atom stereocenters. The molecule has 6 heteroatoms. The van der Waals surface area contributed by atoms with Crippen molar-refractivity contribution >= 4 is 0 Å². The van der Waals surface area contributed by atoms with Crippen LogP contribution in [0.25, 0.3) is 0 Å². The van der Waals surface area contributed by atoms with Crippen LogP contribution in [0.1, 0.15) is 66.8 Å². The summed E-state index contributed by atoms with van der Waals surface area (Å²) in [5.41, 5.74) is 10.7. The van der Waals surface area contributed by atoms with Gasteiger partial charge in [-0.15, -0.1) is 0 Å². The Morgan fingerprint density at radius 2 is 0.820 bits per heavy atom. The van der Waals surface area contributed by atoms with Crippen molar-refractivity contribution in [2.45, 2.75) is 53.1 Å². The van der Waals surface area contributed by atoms with Crippen molar-refractivity contribution in [2.75, 3.05) is 0 Å². The van der Waals surface area contributed by atoms with Crippen LogP contribution in [0.5, 0.6) is 34.5 Å². The predicted molar refractivity (Wildman–Crippen MR) is 197 cm³/mol. The summed E-state index contributed by atoms with van der Waals surface area (Å²) in [7, 11) is 0. The maximum absolute atomic E-state index is 11.6. The first-order chi connectivity index (χ1) is 24.0. The first-order valence-corrected chi connectivity index (χ1v) is 16.7. The Morgan fingerprint density at radius 1 is 0.400 bits per heavy atom. The molecule has 0 saturated carbocycles. The highest BCUT2D eigenvalue weighted by molar-refractivity contribution is 5.53. The van der Waals surface area contributed by atoms with Gasteiger partial charge in [-0.25, -0.2) is 0 Å². The summed E-state index contributed by atoms with van der Waals surface area (Å²) in [6, 6.07) is 33.3. The highest BCUT2D eigenvalue weighted by Crippen LogP contribution is 2.35. The number of aromatic hydroxyl groups is 5. The van der Waals surface area contributed by atoms with Crippen molar-refractivity contribution in [2.24, 2.45) is 0 Å². The molecule has 0 aromatic heterocycles. The van der Waals surface area contributed by atoms with E-state index in [0.717, 1.165) is 50.3 Å². The molecule has 0 heterocycles. The molecule has 6 aromatic carbocycles. The van der Waals surface area contributed by atoms with E-state index in [2.05, 4.69) is 19.1 Å². The molecule has 0 saturated heterocycles. The Balaban J connectivity index is 1.40. The number of aryl methyl sites for hydroxylation is 3. The Labute approximate surface area is 293 Å². The largest absolute Gasteiger partial charge is 0.508 e. The van der Waals surface area contributed by atoms with Crippen molar-refractivity contribution in [3.05, 3.63) is 176 Å². The van der Waals surface area contributed by atoms with Crippen LogP contribution >= 0.6 is 0 Å². The zero-order valence-corrected chi connectivity index (χ0v) is 28.6. The molecule has 0 aliphatic heterocycles. The second-order valence-electron chi connectivity index (χ2n) is 13.3. The highest BCUT2D eigenvalue weighted by Gasteiger charge is 2.18.